The van der Waals surface area contributed by atoms with Crippen LogP contribution in [-0.2, 0) is 0 Å². The summed E-state index contributed by atoms with van der Waals surface area (Å²) in [6, 6.07) is 11.7. The van der Waals surface area contributed by atoms with Crippen LogP contribution in [0.15, 0.2) is 35.7 Å². The van der Waals surface area contributed by atoms with Crippen LogP contribution in [-0.4, -0.2) is 0 Å². The maximum absolute atomic E-state index is 12.8. The van der Waals surface area contributed by atoms with E-state index < -0.39 is 5.92 Å². The zero-order chi connectivity index (χ0) is 12.3. The molecule has 0 N–H and O–H groups in total. The van der Waals surface area contributed by atoms with Gasteiger partial charge in [-0.25, -0.2) is 4.39 Å². The normalized spacial score (nSPS) is 11.5. The maximum Gasteiger partial charge on any atom is 0.123 e. The molecule has 1 atom stereocenters. The van der Waals surface area contributed by atoms with Crippen LogP contribution in [0.1, 0.15) is 21.9 Å². The number of benzene rings is 1. The Morgan fingerprint density at radius 1 is 1.12 bits per heavy atom. The van der Waals surface area contributed by atoms with Gasteiger partial charge in [-0.3, -0.25) is 0 Å². The summed E-state index contributed by atoms with van der Waals surface area (Å²) >= 11 is 1.37. The molecule has 2 aromatic rings. The van der Waals surface area contributed by atoms with E-state index in [0.717, 1.165) is 0 Å². The summed E-state index contributed by atoms with van der Waals surface area (Å²) in [5.41, 5.74) is 1.21. The zero-order valence-corrected chi connectivity index (χ0v) is 9.54. The second-order valence-corrected chi connectivity index (χ2v) is 4.37. The van der Waals surface area contributed by atoms with E-state index in [0.29, 0.717) is 16.0 Å². The van der Waals surface area contributed by atoms with Gasteiger partial charge in [-0.05, 0) is 29.1 Å². The molecule has 0 aliphatic rings. The molecule has 0 aliphatic carbocycles. The fourth-order valence-electron chi connectivity index (χ4n) is 1.58. The second kappa shape index (κ2) is 4.78. The summed E-state index contributed by atoms with van der Waals surface area (Å²) in [5.74, 6) is -0.845. The number of halogens is 1. The lowest BCUT2D eigenvalue weighted by Gasteiger charge is -2.07. The molecule has 0 spiro atoms. The first-order valence-corrected chi connectivity index (χ1v) is 5.77. The van der Waals surface area contributed by atoms with Crippen LogP contribution in [0.2, 0.25) is 0 Å². The van der Waals surface area contributed by atoms with Gasteiger partial charge in [0.05, 0.1) is 11.6 Å². The van der Waals surface area contributed by atoms with Gasteiger partial charge in [0.1, 0.15) is 17.8 Å². The molecule has 0 bridgehead atoms. The van der Waals surface area contributed by atoms with Gasteiger partial charge in [0.25, 0.3) is 0 Å². The van der Waals surface area contributed by atoms with Crippen molar-refractivity contribution in [1.29, 1.82) is 10.5 Å². The largest absolute Gasteiger partial charge is 0.207 e. The van der Waals surface area contributed by atoms with Crippen molar-refractivity contribution in [2.24, 2.45) is 0 Å². The summed E-state index contributed by atoms with van der Waals surface area (Å²) in [5, 5.41) is 19.9. The van der Waals surface area contributed by atoms with Gasteiger partial charge in [0.15, 0.2) is 0 Å². The molecule has 17 heavy (non-hydrogen) atoms. The SMILES string of the molecule is N#Cc1ccsc1C(C#N)c1ccc(F)cc1. The predicted molar refractivity (Wildman–Crippen MR) is 62.9 cm³/mol. The van der Waals surface area contributed by atoms with Crippen LogP contribution in [0.5, 0.6) is 0 Å². The number of rotatable bonds is 2. The van der Waals surface area contributed by atoms with E-state index in [-0.39, 0.29) is 5.82 Å². The number of hydrogen-bond donors (Lipinski definition) is 0. The Hall–Kier alpha value is -2.17. The standard InChI is InChI=1S/C13H7FN2S/c14-11-3-1-9(2-4-11)12(8-16)13-10(7-15)5-6-17-13/h1-6,12H. The highest BCUT2D eigenvalue weighted by Crippen LogP contribution is 2.30. The van der Waals surface area contributed by atoms with Crippen LogP contribution in [0.25, 0.3) is 0 Å². The van der Waals surface area contributed by atoms with Crippen molar-refractivity contribution in [3.8, 4) is 12.1 Å². The van der Waals surface area contributed by atoms with Crippen molar-refractivity contribution in [3.05, 3.63) is 57.5 Å². The minimum absolute atomic E-state index is 0.336. The highest BCUT2D eigenvalue weighted by Gasteiger charge is 2.18. The molecular formula is C13H7FN2S. The summed E-state index contributed by atoms with van der Waals surface area (Å²) in [6.45, 7) is 0. The number of nitriles is 2. The molecule has 1 unspecified atom stereocenters. The van der Waals surface area contributed by atoms with E-state index in [1.807, 2.05) is 0 Å². The van der Waals surface area contributed by atoms with E-state index in [9.17, 15) is 9.65 Å². The maximum atomic E-state index is 12.8. The van der Waals surface area contributed by atoms with Crippen LogP contribution in [0.3, 0.4) is 0 Å². The molecular weight excluding hydrogens is 235 g/mol. The fraction of sp³-hybridized carbons (Fsp3) is 0.0769. The minimum atomic E-state index is -0.509. The number of nitrogens with zero attached hydrogens (tertiary/aromatic N) is 2. The Morgan fingerprint density at radius 2 is 1.82 bits per heavy atom. The second-order valence-electron chi connectivity index (χ2n) is 3.42. The first-order chi connectivity index (χ1) is 8.26. The van der Waals surface area contributed by atoms with E-state index in [1.165, 1.54) is 23.5 Å². The third kappa shape index (κ3) is 2.18. The summed E-state index contributed by atoms with van der Waals surface area (Å²) in [7, 11) is 0. The van der Waals surface area contributed by atoms with Gasteiger partial charge in [-0.2, -0.15) is 10.5 Å². The van der Waals surface area contributed by atoms with E-state index in [1.54, 1.807) is 23.6 Å². The monoisotopic (exact) mass is 242 g/mol. The zero-order valence-electron chi connectivity index (χ0n) is 8.72. The molecule has 1 aromatic carbocycles. The van der Waals surface area contributed by atoms with E-state index >= 15 is 0 Å². The highest BCUT2D eigenvalue weighted by atomic mass is 32.1. The highest BCUT2D eigenvalue weighted by molar-refractivity contribution is 7.10. The predicted octanol–water partition coefficient (Wildman–Crippen LogP) is 3.41. The Balaban J connectivity index is 2.45. The number of thiophene rings is 1. The smallest absolute Gasteiger partial charge is 0.123 e. The minimum Gasteiger partial charge on any atom is -0.207 e. The summed E-state index contributed by atoms with van der Waals surface area (Å²) in [6.07, 6.45) is 0. The van der Waals surface area contributed by atoms with Crippen LogP contribution < -0.4 is 0 Å². The average Bonchev–Trinajstić information content (AvgIpc) is 2.81. The molecule has 1 aromatic heterocycles. The molecule has 0 aliphatic heterocycles. The first kappa shape index (κ1) is 11.3. The quantitative estimate of drug-likeness (QED) is 0.810. The van der Waals surface area contributed by atoms with Crippen molar-refractivity contribution >= 4 is 11.3 Å². The van der Waals surface area contributed by atoms with Gasteiger partial charge < -0.3 is 0 Å². The molecule has 0 radical (unpaired) electrons. The Morgan fingerprint density at radius 3 is 2.41 bits per heavy atom. The summed E-state index contributed by atoms with van der Waals surface area (Å²) in [4.78, 5) is 0.710. The third-order valence-electron chi connectivity index (χ3n) is 2.41. The Kier molecular flexibility index (Phi) is 3.18. The van der Waals surface area contributed by atoms with Crippen molar-refractivity contribution in [3.63, 3.8) is 0 Å². The van der Waals surface area contributed by atoms with Crippen molar-refractivity contribution < 1.29 is 4.39 Å². The molecule has 0 fully saturated rings. The first-order valence-electron chi connectivity index (χ1n) is 4.89. The lowest BCUT2D eigenvalue weighted by Crippen LogP contribution is -1.97. The van der Waals surface area contributed by atoms with Gasteiger partial charge in [0, 0.05) is 4.88 Å². The molecule has 2 rings (SSSR count). The molecule has 1 heterocycles. The van der Waals surface area contributed by atoms with Gasteiger partial charge in [0.2, 0.25) is 0 Å². The Labute approximate surface area is 102 Å². The van der Waals surface area contributed by atoms with Crippen LogP contribution in [0.4, 0.5) is 4.39 Å². The molecule has 2 nitrogen and oxygen atoms in total. The van der Waals surface area contributed by atoms with E-state index in [2.05, 4.69) is 12.1 Å². The molecule has 0 amide bonds. The average molecular weight is 242 g/mol. The fourth-order valence-corrected chi connectivity index (χ4v) is 2.49. The van der Waals surface area contributed by atoms with E-state index in [4.69, 9.17) is 5.26 Å². The van der Waals surface area contributed by atoms with Crippen molar-refractivity contribution in [1.82, 2.24) is 0 Å². The van der Waals surface area contributed by atoms with Crippen molar-refractivity contribution in [2.75, 3.05) is 0 Å². The van der Waals surface area contributed by atoms with Gasteiger partial charge in [-0.15, -0.1) is 11.3 Å². The van der Waals surface area contributed by atoms with Crippen molar-refractivity contribution in [2.45, 2.75) is 5.92 Å². The molecule has 0 saturated heterocycles. The van der Waals surface area contributed by atoms with Gasteiger partial charge in [-0.1, -0.05) is 12.1 Å². The summed E-state index contributed by atoms with van der Waals surface area (Å²) < 4.78 is 12.8. The molecule has 0 saturated carbocycles. The third-order valence-corrected chi connectivity index (χ3v) is 3.39. The Bertz CT molecular complexity index is 602. The lowest BCUT2D eigenvalue weighted by molar-refractivity contribution is 0.627. The topological polar surface area (TPSA) is 47.6 Å². The van der Waals surface area contributed by atoms with Crippen LogP contribution in [0, 0.1) is 28.5 Å². The lowest BCUT2D eigenvalue weighted by atomic mass is 9.97. The number of hydrogen-bond acceptors (Lipinski definition) is 3. The molecule has 4 heteroatoms. The molecule has 82 valence electrons. The van der Waals surface area contributed by atoms with Gasteiger partial charge >= 0.3 is 0 Å². The van der Waals surface area contributed by atoms with Crippen LogP contribution >= 0.6 is 11.3 Å².